The molecular weight excluding hydrogens is 287 g/mol. The van der Waals surface area contributed by atoms with Crippen LogP contribution >= 0.6 is 0 Å². The van der Waals surface area contributed by atoms with Gasteiger partial charge in [-0.1, -0.05) is 0 Å². The molecule has 0 amide bonds. The Kier molecular flexibility index (Phi) is 4.94. The van der Waals surface area contributed by atoms with Crippen molar-refractivity contribution in [2.24, 2.45) is 0 Å². The Bertz CT molecular complexity index is 507. The third-order valence-electron chi connectivity index (χ3n) is 3.99. The fourth-order valence-corrected chi connectivity index (χ4v) is 2.33. The Morgan fingerprint density at radius 3 is 2.41 bits per heavy atom. The number of nitrogens with one attached hydrogen (secondary N) is 3. The summed E-state index contributed by atoms with van der Waals surface area (Å²) in [6, 6.07) is 2.31. The van der Waals surface area contributed by atoms with Gasteiger partial charge in [0.1, 0.15) is 13.2 Å². The third kappa shape index (κ3) is 3.59. The maximum Gasteiger partial charge on any atom is 0.259 e. The fourth-order valence-electron chi connectivity index (χ4n) is 2.33. The molecule has 122 valence electrons. The van der Waals surface area contributed by atoms with E-state index in [2.05, 4.69) is 20.9 Å². The van der Waals surface area contributed by atoms with Gasteiger partial charge in [-0.25, -0.2) is 0 Å². The van der Waals surface area contributed by atoms with Crippen LogP contribution < -0.4 is 25.4 Å². The van der Waals surface area contributed by atoms with E-state index in [1.54, 1.807) is 6.07 Å². The lowest BCUT2D eigenvalue weighted by molar-refractivity contribution is 0.182. The molecule has 22 heavy (non-hydrogen) atoms. The zero-order valence-electron chi connectivity index (χ0n) is 12.8. The summed E-state index contributed by atoms with van der Waals surface area (Å²) in [4.78, 5) is 3.92. The Morgan fingerprint density at radius 1 is 1.23 bits per heavy atom. The summed E-state index contributed by atoms with van der Waals surface area (Å²) in [7, 11) is 0. The van der Waals surface area contributed by atoms with Crippen LogP contribution in [0.25, 0.3) is 0 Å². The molecule has 2 aliphatic heterocycles. The molecular formula is C15H23FN4O2. The Labute approximate surface area is 129 Å². The highest BCUT2D eigenvalue weighted by atomic mass is 19.1. The van der Waals surface area contributed by atoms with Gasteiger partial charge in [0.25, 0.3) is 5.88 Å². The summed E-state index contributed by atoms with van der Waals surface area (Å²) in [6.45, 7) is 5.57. The molecule has 3 N–H and O–H groups in total. The van der Waals surface area contributed by atoms with Gasteiger partial charge in [0, 0.05) is 24.7 Å². The van der Waals surface area contributed by atoms with Gasteiger partial charge in [-0.3, -0.25) is 0 Å². The standard InChI is InChI=1S/C15H23FN4O2/c1-2-17-12-7-13(21-8-10-3-5-18-10)15(20-14(12)16)22-9-11-4-6-19-11/h7,10-11,17-19H,2-6,8-9H2,1H3/t10-,11-/m1/s1. The van der Waals surface area contributed by atoms with Crippen LogP contribution in [0.4, 0.5) is 10.1 Å². The average molecular weight is 310 g/mol. The van der Waals surface area contributed by atoms with Crippen LogP contribution in [-0.4, -0.2) is 49.9 Å². The summed E-state index contributed by atoms with van der Waals surface area (Å²) < 4.78 is 25.4. The van der Waals surface area contributed by atoms with Crippen LogP contribution in [0.2, 0.25) is 0 Å². The van der Waals surface area contributed by atoms with Crippen molar-refractivity contribution in [3.63, 3.8) is 0 Å². The van der Waals surface area contributed by atoms with Gasteiger partial charge in [-0.2, -0.15) is 9.37 Å². The van der Waals surface area contributed by atoms with Crippen molar-refractivity contribution >= 4 is 5.69 Å². The molecule has 2 fully saturated rings. The molecule has 1 aromatic heterocycles. The van der Waals surface area contributed by atoms with Crippen LogP contribution in [0.3, 0.4) is 0 Å². The first kappa shape index (κ1) is 15.3. The van der Waals surface area contributed by atoms with Gasteiger partial charge < -0.3 is 25.4 Å². The maximum atomic E-state index is 14.0. The van der Waals surface area contributed by atoms with Crippen molar-refractivity contribution in [3.8, 4) is 11.6 Å². The molecule has 0 unspecified atom stereocenters. The molecule has 0 bridgehead atoms. The second kappa shape index (κ2) is 7.11. The fraction of sp³-hybridized carbons (Fsp3) is 0.667. The molecule has 0 aliphatic carbocycles. The minimum absolute atomic E-state index is 0.229. The Hall–Kier alpha value is -1.60. The topological polar surface area (TPSA) is 67.4 Å². The van der Waals surface area contributed by atoms with E-state index in [1.165, 1.54) is 0 Å². The average Bonchev–Trinajstić information content (AvgIpc) is 2.39. The first-order valence-electron chi connectivity index (χ1n) is 7.93. The normalized spacial score (nSPS) is 23.4. The van der Waals surface area contributed by atoms with Crippen molar-refractivity contribution in [2.45, 2.75) is 31.8 Å². The molecule has 2 atom stereocenters. The van der Waals surface area contributed by atoms with Crippen LogP contribution in [0.5, 0.6) is 11.6 Å². The number of nitrogens with zero attached hydrogens (tertiary/aromatic N) is 1. The number of hydrogen-bond acceptors (Lipinski definition) is 6. The lowest BCUT2D eigenvalue weighted by Gasteiger charge is -2.29. The van der Waals surface area contributed by atoms with E-state index in [-0.39, 0.29) is 5.88 Å². The molecule has 2 aliphatic rings. The number of ether oxygens (including phenoxy) is 2. The minimum atomic E-state index is -0.562. The predicted molar refractivity (Wildman–Crippen MR) is 82.2 cm³/mol. The molecule has 3 heterocycles. The van der Waals surface area contributed by atoms with E-state index in [0.29, 0.717) is 43.3 Å². The summed E-state index contributed by atoms with van der Waals surface area (Å²) >= 11 is 0. The van der Waals surface area contributed by atoms with Crippen molar-refractivity contribution in [1.82, 2.24) is 15.6 Å². The quantitative estimate of drug-likeness (QED) is 0.626. The van der Waals surface area contributed by atoms with Crippen molar-refractivity contribution in [1.29, 1.82) is 0 Å². The second-order valence-corrected chi connectivity index (χ2v) is 5.66. The maximum absolute atomic E-state index is 14.0. The van der Waals surface area contributed by atoms with E-state index in [0.717, 1.165) is 25.9 Å². The molecule has 3 rings (SSSR count). The number of rotatable bonds is 8. The second-order valence-electron chi connectivity index (χ2n) is 5.66. The summed E-state index contributed by atoms with van der Waals surface area (Å²) in [5.74, 6) is 0.157. The van der Waals surface area contributed by atoms with Gasteiger partial charge in [0.05, 0.1) is 5.69 Å². The smallest absolute Gasteiger partial charge is 0.259 e. The highest BCUT2D eigenvalue weighted by Gasteiger charge is 2.22. The van der Waals surface area contributed by atoms with E-state index in [4.69, 9.17) is 9.47 Å². The molecule has 0 radical (unpaired) electrons. The lowest BCUT2D eigenvalue weighted by atomic mass is 10.1. The molecule has 6 nitrogen and oxygen atoms in total. The van der Waals surface area contributed by atoms with Crippen LogP contribution in [0, 0.1) is 5.95 Å². The van der Waals surface area contributed by atoms with Gasteiger partial charge in [0.2, 0.25) is 5.95 Å². The van der Waals surface area contributed by atoms with Gasteiger partial charge >= 0.3 is 0 Å². The summed E-state index contributed by atoms with van der Waals surface area (Å²) in [5.41, 5.74) is 0.341. The highest BCUT2D eigenvalue weighted by molar-refractivity contribution is 5.51. The number of aromatic nitrogens is 1. The first-order valence-corrected chi connectivity index (χ1v) is 7.93. The van der Waals surface area contributed by atoms with Gasteiger partial charge in [0.15, 0.2) is 5.75 Å². The van der Waals surface area contributed by atoms with Gasteiger partial charge in [-0.15, -0.1) is 0 Å². The van der Waals surface area contributed by atoms with Crippen molar-refractivity contribution in [3.05, 3.63) is 12.0 Å². The SMILES string of the molecule is CCNc1cc(OC[C@H]2CCN2)c(OC[C@H]2CCN2)nc1F. The van der Waals surface area contributed by atoms with Crippen LogP contribution in [0.15, 0.2) is 6.07 Å². The summed E-state index contributed by atoms with van der Waals surface area (Å²) in [6.07, 6.45) is 2.16. The predicted octanol–water partition coefficient (Wildman–Crippen LogP) is 1.13. The number of anilines is 1. The third-order valence-corrected chi connectivity index (χ3v) is 3.99. The Balaban J connectivity index is 1.69. The Morgan fingerprint density at radius 2 is 1.86 bits per heavy atom. The number of pyridine rings is 1. The summed E-state index contributed by atoms with van der Waals surface area (Å²) in [5, 5.41) is 9.45. The largest absolute Gasteiger partial charge is 0.486 e. The van der Waals surface area contributed by atoms with E-state index in [1.807, 2.05) is 6.92 Å². The molecule has 0 saturated carbocycles. The van der Waals surface area contributed by atoms with Crippen LogP contribution in [0.1, 0.15) is 19.8 Å². The number of halogens is 1. The lowest BCUT2D eigenvalue weighted by Crippen LogP contribution is -2.47. The molecule has 2 saturated heterocycles. The zero-order chi connectivity index (χ0) is 15.4. The van der Waals surface area contributed by atoms with Crippen molar-refractivity contribution < 1.29 is 13.9 Å². The van der Waals surface area contributed by atoms with E-state index in [9.17, 15) is 4.39 Å². The highest BCUT2D eigenvalue weighted by Crippen LogP contribution is 2.30. The zero-order valence-corrected chi connectivity index (χ0v) is 12.8. The first-order chi connectivity index (χ1) is 10.8. The van der Waals surface area contributed by atoms with E-state index >= 15 is 0 Å². The molecule has 0 aromatic carbocycles. The monoisotopic (exact) mass is 310 g/mol. The van der Waals surface area contributed by atoms with Crippen molar-refractivity contribution in [2.75, 3.05) is 38.2 Å². The van der Waals surface area contributed by atoms with Gasteiger partial charge in [-0.05, 0) is 32.9 Å². The minimum Gasteiger partial charge on any atom is -0.486 e. The molecule has 0 spiro atoms. The molecule has 1 aromatic rings. The van der Waals surface area contributed by atoms with Crippen LogP contribution in [-0.2, 0) is 0 Å². The number of hydrogen-bond donors (Lipinski definition) is 3. The molecule has 7 heteroatoms. The van der Waals surface area contributed by atoms with E-state index < -0.39 is 5.95 Å².